The Kier molecular flexibility index (Phi) is 4.44. The highest BCUT2D eigenvalue weighted by Gasteiger charge is 2.11. The molecule has 0 spiro atoms. The van der Waals surface area contributed by atoms with Gasteiger partial charge in [0.1, 0.15) is 0 Å². The molecule has 0 radical (unpaired) electrons. The first kappa shape index (κ1) is 14.4. The van der Waals surface area contributed by atoms with Crippen LogP contribution in [0.4, 0.5) is 0 Å². The smallest absolute Gasteiger partial charge is 0.0705 e. The molecule has 1 atom stereocenters. The third-order valence-corrected chi connectivity index (χ3v) is 4.97. The van der Waals surface area contributed by atoms with Crippen molar-refractivity contribution in [3.63, 3.8) is 0 Å². The van der Waals surface area contributed by atoms with Gasteiger partial charge >= 0.3 is 0 Å². The number of hydrogen-bond acceptors (Lipinski definition) is 3. The van der Waals surface area contributed by atoms with E-state index in [1.807, 2.05) is 42.5 Å². The van der Waals surface area contributed by atoms with Gasteiger partial charge in [-0.05, 0) is 29.8 Å². The Hall–Kier alpha value is -1.55. The van der Waals surface area contributed by atoms with Crippen molar-refractivity contribution in [2.45, 2.75) is 10.9 Å². The highest BCUT2D eigenvalue weighted by Crippen LogP contribution is 2.31. The van der Waals surface area contributed by atoms with E-state index in [1.165, 1.54) is 0 Å². The average Bonchev–Trinajstić information content (AvgIpc) is 2.53. The Labute approximate surface area is 133 Å². The number of nitrogens with two attached hydrogens (primary N) is 1. The zero-order valence-corrected chi connectivity index (χ0v) is 12.9. The third-order valence-electron chi connectivity index (χ3n) is 3.33. The molecule has 4 heteroatoms. The van der Waals surface area contributed by atoms with Crippen LogP contribution in [0.2, 0.25) is 5.02 Å². The van der Waals surface area contributed by atoms with E-state index in [0.717, 1.165) is 32.1 Å². The number of hydrogen-bond donors (Lipinski definition) is 1. The maximum Gasteiger partial charge on any atom is 0.0705 e. The number of nitrogens with zero attached hydrogens (tertiary/aromatic N) is 1. The van der Waals surface area contributed by atoms with Gasteiger partial charge in [0.25, 0.3) is 0 Å². The van der Waals surface area contributed by atoms with E-state index < -0.39 is 0 Å². The first-order chi connectivity index (χ1) is 10.3. The lowest BCUT2D eigenvalue weighted by Crippen LogP contribution is -2.13. The van der Waals surface area contributed by atoms with Gasteiger partial charge in [-0.15, -0.1) is 11.8 Å². The van der Waals surface area contributed by atoms with Gasteiger partial charge < -0.3 is 5.73 Å². The number of benzene rings is 2. The fourth-order valence-corrected chi connectivity index (χ4v) is 3.50. The summed E-state index contributed by atoms with van der Waals surface area (Å²) in [5.41, 5.74) is 8.47. The normalized spacial score (nSPS) is 12.5. The Balaban J connectivity index is 1.81. The number of rotatable bonds is 4. The summed E-state index contributed by atoms with van der Waals surface area (Å²) in [4.78, 5) is 5.44. The number of thioether (sulfide) groups is 1. The summed E-state index contributed by atoms with van der Waals surface area (Å²) in [5, 5.41) is 1.89. The van der Waals surface area contributed by atoms with Gasteiger partial charge in [-0.3, -0.25) is 4.98 Å². The van der Waals surface area contributed by atoms with Crippen molar-refractivity contribution in [2.24, 2.45) is 5.73 Å². The first-order valence-electron chi connectivity index (χ1n) is 6.72. The molecule has 0 fully saturated rings. The second-order valence-electron chi connectivity index (χ2n) is 4.77. The maximum absolute atomic E-state index is 6.37. The van der Waals surface area contributed by atoms with Crippen LogP contribution in [0.25, 0.3) is 10.9 Å². The quantitative estimate of drug-likeness (QED) is 0.711. The van der Waals surface area contributed by atoms with Crippen LogP contribution in [0.5, 0.6) is 0 Å². The highest BCUT2D eigenvalue weighted by molar-refractivity contribution is 7.99. The topological polar surface area (TPSA) is 38.9 Å². The van der Waals surface area contributed by atoms with Gasteiger partial charge in [0.2, 0.25) is 0 Å². The second-order valence-corrected chi connectivity index (χ2v) is 6.23. The Morgan fingerprint density at radius 2 is 1.90 bits per heavy atom. The zero-order valence-electron chi connectivity index (χ0n) is 11.4. The molecule has 2 N–H and O–H groups in total. The van der Waals surface area contributed by atoms with E-state index in [1.54, 1.807) is 18.0 Å². The average molecular weight is 315 g/mol. The predicted molar refractivity (Wildman–Crippen MR) is 90.8 cm³/mol. The molecule has 0 amide bonds. The molecule has 1 unspecified atom stereocenters. The van der Waals surface area contributed by atoms with Crippen LogP contribution in [0.15, 0.2) is 65.7 Å². The molecule has 1 aromatic heterocycles. The molecule has 0 bridgehead atoms. The van der Waals surface area contributed by atoms with E-state index in [9.17, 15) is 0 Å². The maximum atomic E-state index is 6.37. The lowest BCUT2D eigenvalue weighted by molar-refractivity contribution is 0.839. The van der Waals surface area contributed by atoms with Gasteiger partial charge in [-0.2, -0.15) is 0 Å². The van der Waals surface area contributed by atoms with E-state index >= 15 is 0 Å². The van der Waals surface area contributed by atoms with Crippen molar-refractivity contribution in [3.05, 3.63) is 71.4 Å². The summed E-state index contributed by atoms with van der Waals surface area (Å²) in [6, 6.07) is 17.9. The van der Waals surface area contributed by atoms with E-state index in [2.05, 4.69) is 17.1 Å². The van der Waals surface area contributed by atoms with Gasteiger partial charge in [-0.1, -0.05) is 41.9 Å². The number of aromatic nitrogens is 1. The van der Waals surface area contributed by atoms with Crippen LogP contribution >= 0.6 is 23.4 Å². The molecule has 0 saturated carbocycles. The molecule has 2 aromatic carbocycles. The molecule has 0 aliphatic carbocycles. The van der Waals surface area contributed by atoms with Crippen LogP contribution < -0.4 is 5.73 Å². The SMILES string of the molecule is NC(CSc1ccccc1Cl)c1cccc2ncccc12. The van der Waals surface area contributed by atoms with Crippen LogP contribution in [0, 0.1) is 0 Å². The molecular formula is C17H15ClN2S. The van der Waals surface area contributed by atoms with Gasteiger partial charge in [0.15, 0.2) is 0 Å². The van der Waals surface area contributed by atoms with Crippen LogP contribution in [0.1, 0.15) is 11.6 Å². The molecule has 3 aromatic rings. The van der Waals surface area contributed by atoms with Gasteiger partial charge in [-0.25, -0.2) is 0 Å². The molecule has 106 valence electrons. The minimum absolute atomic E-state index is 0.0563. The largest absolute Gasteiger partial charge is 0.323 e. The molecule has 3 rings (SSSR count). The van der Waals surface area contributed by atoms with Crippen LogP contribution in [0.3, 0.4) is 0 Å². The lowest BCUT2D eigenvalue weighted by Gasteiger charge is -2.14. The molecule has 1 heterocycles. The van der Waals surface area contributed by atoms with E-state index in [4.69, 9.17) is 17.3 Å². The number of fused-ring (bicyclic) bond motifs is 1. The summed E-state index contributed by atoms with van der Waals surface area (Å²) >= 11 is 7.86. The number of pyridine rings is 1. The van der Waals surface area contributed by atoms with Crippen molar-refractivity contribution in [2.75, 3.05) is 5.75 Å². The molecule has 21 heavy (non-hydrogen) atoms. The van der Waals surface area contributed by atoms with Crippen LogP contribution in [-0.2, 0) is 0 Å². The lowest BCUT2D eigenvalue weighted by atomic mass is 10.0. The van der Waals surface area contributed by atoms with Gasteiger partial charge in [0.05, 0.1) is 10.5 Å². The summed E-state index contributed by atoms with van der Waals surface area (Å²) in [5.74, 6) is 0.776. The molecular weight excluding hydrogens is 300 g/mol. The second kappa shape index (κ2) is 6.48. The van der Waals surface area contributed by atoms with Crippen molar-refractivity contribution >= 4 is 34.3 Å². The van der Waals surface area contributed by atoms with Crippen molar-refractivity contribution in [1.82, 2.24) is 4.98 Å². The Bertz CT molecular complexity index is 755. The van der Waals surface area contributed by atoms with Crippen molar-refractivity contribution in [3.8, 4) is 0 Å². The Morgan fingerprint density at radius 1 is 1.05 bits per heavy atom. The molecule has 0 saturated heterocycles. The minimum Gasteiger partial charge on any atom is -0.323 e. The minimum atomic E-state index is -0.0563. The van der Waals surface area contributed by atoms with E-state index in [-0.39, 0.29) is 6.04 Å². The summed E-state index contributed by atoms with van der Waals surface area (Å²) in [6.07, 6.45) is 1.80. The predicted octanol–water partition coefficient (Wildman–Crippen LogP) is 4.68. The third kappa shape index (κ3) is 3.21. The summed E-state index contributed by atoms with van der Waals surface area (Å²) in [6.45, 7) is 0. The summed E-state index contributed by atoms with van der Waals surface area (Å²) < 4.78 is 0. The molecule has 0 aliphatic rings. The van der Waals surface area contributed by atoms with Crippen molar-refractivity contribution in [1.29, 1.82) is 0 Å². The molecule has 0 aliphatic heterocycles. The number of halogens is 1. The standard InChI is InChI=1S/C17H15ClN2S/c18-14-7-1-2-9-17(14)21-11-15(19)12-5-3-8-16-13(12)6-4-10-20-16/h1-10,15H,11,19H2. The highest BCUT2D eigenvalue weighted by atomic mass is 35.5. The fourth-order valence-electron chi connectivity index (χ4n) is 2.28. The fraction of sp³-hybridized carbons (Fsp3) is 0.118. The van der Waals surface area contributed by atoms with Crippen LogP contribution in [-0.4, -0.2) is 10.7 Å². The van der Waals surface area contributed by atoms with E-state index in [0.29, 0.717) is 0 Å². The monoisotopic (exact) mass is 314 g/mol. The summed E-state index contributed by atoms with van der Waals surface area (Å²) in [7, 11) is 0. The first-order valence-corrected chi connectivity index (χ1v) is 8.08. The van der Waals surface area contributed by atoms with Gasteiger partial charge in [0, 0.05) is 28.3 Å². The Morgan fingerprint density at radius 3 is 2.76 bits per heavy atom. The zero-order chi connectivity index (χ0) is 14.7. The van der Waals surface area contributed by atoms with Crippen molar-refractivity contribution < 1.29 is 0 Å². The molecule has 2 nitrogen and oxygen atoms in total.